The van der Waals surface area contributed by atoms with Crippen LogP contribution in [0.2, 0.25) is 5.02 Å². The fourth-order valence-electron chi connectivity index (χ4n) is 4.41. The molecule has 212 valence electrons. The third kappa shape index (κ3) is 7.31. The van der Waals surface area contributed by atoms with E-state index in [2.05, 4.69) is 5.32 Å². The molecule has 1 unspecified atom stereocenters. The van der Waals surface area contributed by atoms with Crippen molar-refractivity contribution in [1.29, 1.82) is 0 Å². The van der Waals surface area contributed by atoms with Gasteiger partial charge >= 0.3 is 0 Å². The second-order valence-corrected chi connectivity index (χ2v) is 11.5. The molecule has 0 aromatic heterocycles. The number of halogens is 2. The molecule has 0 aliphatic heterocycles. The highest BCUT2D eigenvalue weighted by atomic mass is 35.5. The van der Waals surface area contributed by atoms with Crippen LogP contribution in [0.1, 0.15) is 11.1 Å². The third-order valence-corrected chi connectivity index (χ3v) is 8.55. The molecule has 0 saturated carbocycles. The Balaban J connectivity index is 1.79. The van der Waals surface area contributed by atoms with Crippen LogP contribution >= 0.6 is 11.6 Å². The maximum absolute atomic E-state index is 14.8. The van der Waals surface area contributed by atoms with Gasteiger partial charge in [0.25, 0.3) is 10.0 Å². The minimum atomic E-state index is -4.24. The number of nitrogens with one attached hydrogen (secondary N) is 1. The van der Waals surface area contributed by atoms with Crippen LogP contribution in [0.4, 0.5) is 10.1 Å². The number of carbonyl (C=O) groups is 2. The Morgan fingerprint density at radius 1 is 0.878 bits per heavy atom. The van der Waals surface area contributed by atoms with Crippen LogP contribution in [-0.2, 0) is 32.6 Å². The van der Waals surface area contributed by atoms with Gasteiger partial charge in [0.05, 0.1) is 10.6 Å². The van der Waals surface area contributed by atoms with Gasteiger partial charge in [-0.3, -0.25) is 13.9 Å². The van der Waals surface area contributed by atoms with Crippen LogP contribution in [0.15, 0.2) is 114 Å². The number of amides is 2. The van der Waals surface area contributed by atoms with Crippen LogP contribution in [0.5, 0.6) is 0 Å². The molecule has 4 rings (SSSR count). The number of benzene rings is 4. The lowest BCUT2D eigenvalue weighted by Gasteiger charge is -2.33. The van der Waals surface area contributed by atoms with Crippen LogP contribution in [0, 0.1) is 5.82 Å². The van der Waals surface area contributed by atoms with E-state index in [0.29, 0.717) is 0 Å². The zero-order valence-electron chi connectivity index (χ0n) is 22.3. The van der Waals surface area contributed by atoms with Crippen LogP contribution < -0.4 is 9.62 Å². The second-order valence-electron chi connectivity index (χ2n) is 9.24. The number of hydrogen-bond acceptors (Lipinski definition) is 4. The van der Waals surface area contributed by atoms with E-state index in [9.17, 15) is 22.4 Å². The smallest absolute Gasteiger partial charge is 0.264 e. The van der Waals surface area contributed by atoms with Gasteiger partial charge in [0, 0.05) is 30.6 Å². The minimum absolute atomic E-state index is 0.0273. The molecule has 1 N–H and O–H groups in total. The number of rotatable bonds is 11. The highest BCUT2D eigenvalue weighted by molar-refractivity contribution is 7.92. The van der Waals surface area contributed by atoms with E-state index in [0.717, 1.165) is 9.87 Å². The van der Waals surface area contributed by atoms with Gasteiger partial charge in [-0.05, 0) is 42.0 Å². The maximum atomic E-state index is 14.8. The first kappa shape index (κ1) is 29.8. The Morgan fingerprint density at radius 2 is 1.51 bits per heavy atom. The Kier molecular flexibility index (Phi) is 9.75. The molecule has 0 aliphatic carbocycles. The first-order valence-corrected chi connectivity index (χ1v) is 14.6. The molecule has 4 aromatic rings. The molecule has 7 nitrogen and oxygen atoms in total. The van der Waals surface area contributed by atoms with Crippen molar-refractivity contribution in [3.05, 3.63) is 131 Å². The number of hydrogen-bond donors (Lipinski definition) is 1. The number of carbonyl (C=O) groups excluding carboxylic acids is 2. The van der Waals surface area contributed by atoms with Gasteiger partial charge in [-0.2, -0.15) is 0 Å². The zero-order chi connectivity index (χ0) is 29.4. The van der Waals surface area contributed by atoms with Gasteiger partial charge in [0.2, 0.25) is 11.8 Å². The quantitative estimate of drug-likeness (QED) is 0.263. The van der Waals surface area contributed by atoms with E-state index in [1.165, 1.54) is 54.4 Å². The molecule has 0 fully saturated rings. The maximum Gasteiger partial charge on any atom is 0.264 e. The molecule has 0 heterocycles. The minimum Gasteiger partial charge on any atom is -0.357 e. The SMILES string of the molecule is CNC(=O)C(Cc1ccccc1)N(Cc1ccccc1F)C(=O)CN(c1cccc(Cl)c1)S(=O)(=O)c1ccccc1. The Hall–Kier alpha value is -4.21. The summed E-state index contributed by atoms with van der Waals surface area (Å²) in [4.78, 5) is 28.5. The summed E-state index contributed by atoms with van der Waals surface area (Å²) in [5.41, 5.74) is 1.12. The normalized spacial score (nSPS) is 11.9. The van der Waals surface area contributed by atoms with Gasteiger partial charge in [-0.1, -0.05) is 84.4 Å². The highest BCUT2D eigenvalue weighted by Gasteiger charge is 2.34. The average Bonchev–Trinajstić information content (AvgIpc) is 2.99. The summed E-state index contributed by atoms with van der Waals surface area (Å²) >= 11 is 6.20. The number of anilines is 1. The number of sulfonamides is 1. The molecular weight excluding hydrogens is 565 g/mol. The predicted octanol–water partition coefficient (Wildman–Crippen LogP) is 5.06. The molecule has 0 radical (unpaired) electrons. The molecule has 0 bridgehead atoms. The van der Waals surface area contributed by atoms with E-state index in [-0.39, 0.29) is 34.1 Å². The molecule has 0 saturated heterocycles. The van der Waals surface area contributed by atoms with E-state index >= 15 is 0 Å². The van der Waals surface area contributed by atoms with Crippen LogP contribution in [0.3, 0.4) is 0 Å². The van der Waals surface area contributed by atoms with E-state index in [1.54, 1.807) is 36.4 Å². The third-order valence-electron chi connectivity index (χ3n) is 6.52. The molecule has 1 atom stereocenters. The van der Waals surface area contributed by atoms with Crippen molar-refractivity contribution in [2.75, 3.05) is 17.9 Å². The number of nitrogens with zero attached hydrogens (tertiary/aromatic N) is 2. The molecule has 41 heavy (non-hydrogen) atoms. The molecule has 10 heteroatoms. The molecule has 0 aliphatic rings. The summed E-state index contributed by atoms with van der Waals surface area (Å²) in [5, 5.41) is 2.87. The van der Waals surface area contributed by atoms with Crippen molar-refractivity contribution < 1.29 is 22.4 Å². The summed E-state index contributed by atoms with van der Waals surface area (Å²) in [6, 6.07) is 27.8. The monoisotopic (exact) mass is 593 g/mol. The van der Waals surface area contributed by atoms with Gasteiger partial charge < -0.3 is 10.2 Å². The lowest BCUT2D eigenvalue weighted by molar-refractivity contribution is -0.139. The zero-order valence-corrected chi connectivity index (χ0v) is 23.9. The van der Waals surface area contributed by atoms with Crippen molar-refractivity contribution in [2.45, 2.75) is 23.9 Å². The molecule has 4 aromatic carbocycles. The Labute approximate surface area is 244 Å². The van der Waals surface area contributed by atoms with Crippen molar-refractivity contribution in [3.63, 3.8) is 0 Å². The second kappa shape index (κ2) is 13.4. The lowest BCUT2D eigenvalue weighted by atomic mass is 10.0. The standard InChI is InChI=1S/C31H29ClFN3O4S/c1-34-31(38)29(19-23-11-4-2-5-12-23)35(21-24-13-8-9-18-28(24)33)30(37)22-36(26-15-10-14-25(32)20-26)41(39,40)27-16-6-3-7-17-27/h2-18,20,29H,19,21-22H2,1H3,(H,34,38). The first-order chi connectivity index (χ1) is 19.7. The van der Waals surface area contributed by atoms with Gasteiger partial charge in [0.15, 0.2) is 0 Å². The van der Waals surface area contributed by atoms with Crippen LogP contribution in [0.25, 0.3) is 0 Å². The summed E-state index contributed by atoms with van der Waals surface area (Å²) in [6.45, 7) is -0.917. The summed E-state index contributed by atoms with van der Waals surface area (Å²) < 4.78 is 43.4. The summed E-state index contributed by atoms with van der Waals surface area (Å²) in [5.74, 6) is -1.72. The fourth-order valence-corrected chi connectivity index (χ4v) is 6.02. The van der Waals surface area contributed by atoms with Gasteiger partial charge in [0.1, 0.15) is 18.4 Å². The predicted molar refractivity (Wildman–Crippen MR) is 157 cm³/mol. The van der Waals surface area contributed by atoms with Crippen LogP contribution in [-0.4, -0.2) is 44.8 Å². The largest absolute Gasteiger partial charge is 0.357 e. The van der Waals surface area contributed by atoms with Crippen molar-refractivity contribution in [3.8, 4) is 0 Å². The highest BCUT2D eigenvalue weighted by Crippen LogP contribution is 2.27. The molecule has 2 amide bonds. The lowest BCUT2D eigenvalue weighted by Crippen LogP contribution is -2.53. The first-order valence-electron chi connectivity index (χ1n) is 12.8. The summed E-state index contributed by atoms with van der Waals surface area (Å²) in [7, 11) is -2.79. The van der Waals surface area contributed by atoms with E-state index in [1.807, 2.05) is 30.3 Å². The fraction of sp³-hybridized carbons (Fsp3) is 0.161. The molecule has 0 spiro atoms. The summed E-state index contributed by atoms with van der Waals surface area (Å²) in [6.07, 6.45) is 0.128. The Bertz CT molecular complexity index is 1600. The molecular formula is C31H29ClFN3O4S. The van der Waals surface area contributed by atoms with E-state index < -0.39 is 40.2 Å². The van der Waals surface area contributed by atoms with Crippen molar-refractivity contribution in [1.82, 2.24) is 10.2 Å². The van der Waals surface area contributed by atoms with Crippen molar-refractivity contribution in [2.24, 2.45) is 0 Å². The van der Waals surface area contributed by atoms with Gasteiger partial charge in [-0.15, -0.1) is 0 Å². The number of likely N-dealkylation sites (N-methyl/N-ethyl adjacent to an activating group) is 1. The Morgan fingerprint density at radius 3 is 2.15 bits per heavy atom. The average molecular weight is 594 g/mol. The van der Waals surface area contributed by atoms with Gasteiger partial charge in [-0.25, -0.2) is 12.8 Å². The topological polar surface area (TPSA) is 86.8 Å². The van der Waals surface area contributed by atoms with Crippen molar-refractivity contribution >= 4 is 39.1 Å². The van der Waals surface area contributed by atoms with E-state index in [4.69, 9.17) is 11.6 Å².